The Morgan fingerprint density at radius 3 is 3.00 bits per heavy atom. The lowest BCUT2D eigenvalue weighted by Gasteiger charge is -2.13. The predicted octanol–water partition coefficient (Wildman–Crippen LogP) is 1.66. The molecule has 72 valence electrons. The maximum atomic E-state index is 5.68. The first-order valence-electron chi connectivity index (χ1n) is 4.56. The lowest BCUT2D eigenvalue weighted by Crippen LogP contribution is -2.16. The molecule has 0 aromatic carbocycles. The largest absolute Gasteiger partial charge is 0.394 e. The normalized spacial score (nSPS) is 12.5. The van der Waals surface area contributed by atoms with Crippen LogP contribution >= 0.6 is 0 Å². The Morgan fingerprint density at radius 1 is 1.62 bits per heavy atom. The minimum Gasteiger partial charge on any atom is -0.394 e. The molecule has 0 radical (unpaired) electrons. The molecule has 1 aromatic rings. The van der Waals surface area contributed by atoms with Gasteiger partial charge < -0.3 is 11.1 Å². The van der Waals surface area contributed by atoms with E-state index in [0.29, 0.717) is 11.7 Å². The van der Waals surface area contributed by atoms with Gasteiger partial charge in [-0.1, -0.05) is 13.3 Å². The number of rotatable bonds is 4. The molecule has 4 heteroatoms. The summed E-state index contributed by atoms with van der Waals surface area (Å²) in [5.41, 5.74) is 6.28. The van der Waals surface area contributed by atoms with Gasteiger partial charge in [-0.3, -0.25) is 0 Å². The van der Waals surface area contributed by atoms with E-state index in [4.69, 9.17) is 5.73 Å². The molecule has 0 amide bonds. The van der Waals surface area contributed by atoms with E-state index < -0.39 is 0 Å². The highest BCUT2D eigenvalue weighted by molar-refractivity contribution is 5.59. The smallest absolute Gasteiger partial charge is 0.152 e. The van der Waals surface area contributed by atoms with Crippen LogP contribution in [0.25, 0.3) is 0 Å². The van der Waals surface area contributed by atoms with E-state index in [1.165, 1.54) is 6.33 Å². The Labute approximate surface area is 78.6 Å². The van der Waals surface area contributed by atoms with Gasteiger partial charge in [0.2, 0.25) is 0 Å². The number of nitrogens with one attached hydrogen (secondary N) is 1. The van der Waals surface area contributed by atoms with Crippen LogP contribution in [-0.4, -0.2) is 16.0 Å². The third-order valence-corrected chi connectivity index (χ3v) is 1.85. The summed E-state index contributed by atoms with van der Waals surface area (Å²) >= 11 is 0. The SMILES string of the molecule is CCCC(C)Nc1ncncc1N. The van der Waals surface area contributed by atoms with E-state index in [2.05, 4.69) is 29.1 Å². The van der Waals surface area contributed by atoms with E-state index in [1.54, 1.807) is 6.20 Å². The zero-order chi connectivity index (χ0) is 9.68. The molecule has 0 saturated carbocycles. The minimum atomic E-state index is 0.405. The highest BCUT2D eigenvalue weighted by Gasteiger charge is 2.03. The van der Waals surface area contributed by atoms with Gasteiger partial charge in [0, 0.05) is 6.04 Å². The number of hydrogen-bond acceptors (Lipinski definition) is 4. The van der Waals surface area contributed by atoms with Crippen molar-refractivity contribution in [2.75, 3.05) is 11.1 Å². The average molecular weight is 180 g/mol. The Balaban J connectivity index is 2.58. The third kappa shape index (κ3) is 2.89. The fourth-order valence-electron chi connectivity index (χ4n) is 1.20. The molecule has 1 aromatic heterocycles. The molecule has 13 heavy (non-hydrogen) atoms. The second kappa shape index (κ2) is 4.64. The van der Waals surface area contributed by atoms with E-state index in [0.717, 1.165) is 18.7 Å². The van der Waals surface area contributed by atoms with Crippen molar-refractivity contribution in [3.8, 4) is 0 Å². The van der Waals surface area contributed by atoms with Crippen molar-refractivity contribution >= 4 is 11.5 Å². The van der Waals surface area contributed by atoms with Crippen LogP contribution in [0.3, 0.4) is 0 Å². The first-order chi connectivity index (χ1) is 6.24. The number of aromatic nitrogens is 2. The molecule has 3 N–H and O–H groups in total. The lowest BCUT2D eigenvalue weighted by atomic mass is 10.2. The Morgan fingerprint density at radius 2 is 2.38 bits per heavy atom. The van der Waals surface area contributed by atoms with Crippen molar-refractivity contribution in [1.82, 2.24) is 9.97 Å². The zero-order valence-electron chi connectivity index (χ0n) is 8.12. The minimum absolute atomic E-state index is 0.405. The van der Waals surface area contributed by atoms with Gasteiger partial charge in [-0.25, -0.2) is 9.97 Å². The van der Waals surface area contributed by atoms with Crippen LogP contribution in [0, 0.1) is 0 Å². The summed E-state index contributed by atoms with van der Waals surface area (Å²) in [6.45, 7) is 4.27. The predicted molar refractivity (Wildman–Crippen MR) is 54.4 cm³/mol. The quantitative estimate of drug-likeness (QED) is 0.739. The summed E-state index contributed by atoms with van der Waals surface area (Å²) < 4.78 is 0. The molecule has 0 saturated heterocycles. The summed E-state index contributed by atoms with van der Waals surface area (Å²) in [7, 11) is 0. The van der Waals surface area contributed by atoms with Crippen molar-refractivity contribution in [1.29, 1.82) is 0 Å². The molecular weight excluding hydrogens is 164 g/mol. The topological polar surface area (TPSA) is 63.8 Å². The van der Waals surface area contributed by atoms with E-state index in [9.17, 15) is 0 Å². The van der Waals surface area contributed by atoms with Crippen molar-refractivity contribution in [2.45, 2.75) is 32.7 Å². The van der Waals surface area contributed by atoms with Crippen LogP contribution in [0.4, 0.5) is 11.5 Å². The molecule has 1 atom stereocenters. The monoisotopic (exact) mass is 180 g/mol. The number of hydrogen-bond donors (Lipinski definition) is 2. The lowest BCUT2D eigenvalue weighted by molar-refractivity contribution is 0.687. The van der Waals surface area contributed by atoms with Gasteiger partial charge in [0.15, 0.2) is 5.82 Å². The van der Waals surface area contributed by atoms with Crippen LogP contribution in [0.2, 0.25) is 0 Å². The first kappa shape index (κ1) is 9.77. The van der Waals surface area contributed by atoms with Crippen molar-refractivity contribution in [3.63, 3.8) is 0 Å². The van der Waals surface area contributed by atoms with E-state index in [1.807, 2.05) is 0 Å². The maximum absolute atomic E-state index is 5.68. The Hall–Kier alpha value is -1.32. The summed E-state index contributed by atoms with van der Waals surface area (Å²) in [4.78, 5) is 7.88. The van der Waals surface area contributed by atoms with Crippen molar-refractivity contribution in [3.05, 3.63) is 12.5 Å². The standard InChI is InChI=1S/C9H16N4/c1-3-4-7(2)13-9-8(10)5-11-6-12-9/h5-7H,3-4,10H2,1-2H3,(H,11,12,13). The maximum Gasteiger partial charge on any atom is 0.152 e. The van der Waals surface area contributed by atoms with Gasteiger partial charge >= 0.3 is 0 Å². The molecule has 1 rings (SSSR count). The van der Waals surface area contributed by atoms with Crippen LogP contribution in [-0.2, 0) is 0 Å². The number of nitrogens with zero attached hydrogens (tertiary/aromatic N) is 2. The van der Waals surface area contributed by atoms with Crippen LogP contribution in [0.5, 0.6) is 0 Å². The average Bonchev–Trinajstić information content (AvgIpc) is 2.09. The molecule has 1 unspecified atom stereocenters. The molecular formula is C9H16N4. The third-order valence-electron chi connectivity index (χ3n) is 1.85. The van der Waals surface area contributed by atoms with Crippen molar-refractivity contribution in [2.24, 2.45) is 0 Å². The van der Waals surface area contributed by atoms with Crippen LogP contribution in [0.15, 0.2) is 12.5 Å². The first-order valence-corrected chi connectivity index (χ1v) is 4.56. The molecule has 0 spiro atoms. The molecule has 0 aliphatic heterocycles. The molecule has 0 fully saturated rings. The van der Waals surface area contributed by atoms with Gasteiger partial charge in [0.1, 0.15) is 6.33 Å². The zero-order valence-corrected chi connectivity index (χ0v) is 8.12. The summed E-state index contributed by atoms with van der Waals surface area (Å²) in [6.07, 6.45) is 5.37. The molecule has 4 nitrogen and oxygen atoms in total. The van der Waals surface area contributed by atoms with Crippen molar-refractivity contribution < 1.29 is 0 Å². The highest BCUT2D eigenvalue weighted by Crippen LogP contribution is 2.13. The van der Waals surface area contributed by atoms with Gasteiger partial charge in [0.25, 0.3) is 0 Å². The van der Waals surface area contributed by atoms with E-state index in [-0.39, 0.29) is 0 Å². The Kier molecular flexibility index (Phi) is 3.49. The van der Waals surface area contributed by atoms with Gasteiger partial charge in [0.05, 0.1) is 11.9 Å². The second-order valence-electron chi connectivity index (χ2n) is 3.16. The summed E-state index contributed by atoms with van der Waals surface area (Å²) in [6, 6.07) is 0.405. The van der Waals surface area contributed by atoms with Gasteiger partial charge in [-0.05, 0) is 13.3 Å². The molecule has 0 aliphatic rings. The van der Waals surface area contributed by atoms with Gasteiger partial charge in [-0.15, -0.1) is 0 Å². The number of anilines is 2. The summed E-state index contributed by atoms with van der Waals surface area (Å²) in [5.74, 6) is 0.732. The number of nitrogen functional groups attached to an aromatic ring is 1. The van der Waals surface area contributed by atoms with Gasteiger partial charge in [-0.2, -0.15) is 0 Å². The molecule has 0 bridgehead atoms. The van der Waals surface area contributed by atoms with Crippen LogP contribution in [0.1, 0.15) is 26.7 Å². The Bertz CT molecular complexity index is 262. The fraction of sp³-hybridized carbons (Fsp3) is 0.556. The molecule has 0 aliphatic carbocycles. The van der Waals surface area contributed by atoms with Crippen LogP contribution < -0.4 is 11.1 Å². The van der Waals surface area contributed by atoms with E-state index >= 15 is 0 Å². The number of nitrogens with two attached hydrogens (primary N) is 1. The summed E-state index contributed by atoms with van der Waals surface area (Å²) in [5, 5.41) is 3.23. The fourth-order valence-corrected chi connectivity index (χ4v) is 1.20. The molecule has 1 heterocycles. The highest BCUT2D eigenvalue weighted by atomic mass is 15.0. The second-order valence-corrected chi connectivity index (χ2v) is 3.16.